The van der Waals surface area contributed by atoms with E-state index in [2.05, 4.69) is 36.7 Å². The van der Waals surface area contributed by atoms with Gasteiger partial charge in [-0.1, -0.05) is 36.7 Å². The average molecular weight is 257 g/mol. The molecule has 1 atom stereocenters. The fourth-order valence-corrected chi connectivity index (χ4v) is 2.20. The van der Waals surface area contributed by atoms with E-state index in [1.807, 2.05) is 19.1 Å². The second-order valence-electron chi connectivity index (χ2n) is 4.19. The maximum atomic E-state index is 9.63. The number of hydrogen-bond acceptors (Lipinski definition) is 1. The molecule has 1 rings (SSSR count). The van der Waals surface area contributed by atoms with E-state index in [4.69, 9.17) is 0 Å². The quantitative estimate of drug-likeness (QED) is 0.840. The molecular formula is C12H17BrO. The van der Waals surface area contributed by atoms with Crippen LogP contribution in [-0.2, 0) is 0 Å². The van der Waals surface area contributed by atoms with Crippen LogP contribution in [0.2, 0.25) is 0 Å². The standard InChI is InChI=1S/C12H17BrO/c1-7(2)9(4)10-6-12(14)8(3)5-11(10)13/h5-7,9,14H,1-4H3. The molecule has 1 unspecified atom stereocenters. The van der Waals surface area contributed by atoms with Gasteiger partial charge in [-0.15, -0.1) is 0 Å². The summed E-state index contributed by atoms with van der Waals surface area (Å²) in [7, 11) is 0. The summed E-state index contributed by atoms with van der Waals surface area (Å²) in [6.07, 6.45) is 0. The number of phenols is 1. The lowest BCUT2D eigenvalue weighted by molar-refractivity contribution is 0.466. The largest absolute Gasteiger partial charge is 0.508 e. The summed E-state index contributed by atoms with van der Waals surface area (Å²) in [5.74, 6) is 1.42. The fraction of sp³-hybridized carbons (Fsp3) is 0.500. The maximum absolute atomic E-state index is 9.63. The molecule has 1 aromatic carbocycles. The molecule has 1 N–H and O–H groups in total. The van der Waals surface area contributed by atoms with Crippen LogP contribution >= 0.6 is 15.9 Å². The molecule has 0 aliphatic heterocycles. The maximum Gasteiger partial charge on any atom is 0.118 e. The predicted octanol–water partition coefficient (Wildman–Crippen LogP) is 4.22. The van der Waals surface area contributed by atoms with Crippen molar-refractivity contribution in [1.82, 2.24) is 0 Å². The molecule has 0 aliphatic rings. The zero-order valence-corrected chi connectivity index (χ0v) is 10.7. The molecule has 14 heavy (non-hydrogen) atoms. The zero-order chi connectivity index (χ0) is 10.9. The van der Waals surface area contributed by atoms with Gasteiger partial charge >= 0.3 is 0 Å². The molecule has 0 saturated carbocycles. The Bertz CT molecular complexity index is 331. The third kappa shape index (κ3) is 2.30. The molecular weight excluding hydrogens is 240 g/mol. The van der Waals surface area contributed by atoms with Crippen LogP contribution in [0.25, 0.3) is 0 Å². The number of benzene rings is 1. The number of hydrogen-bond donors (Lipinski definition) is 1. The lowest BCUT2D eigenvalue weighted by Gasteiger charge is -2.18. The van der Waals surface area contributed by atoms with Crippen molar-refractivity contribution in [1.29, 1.82) is 0 Å². The molecule has 0 amide bonds. The molecule has 0 heterocycles. The summed E-state index contributed by atoms with van der Waals surface area (Å²) in [6, 6.07) is 3.84. The van der Waals surface area contributed by atoms with Crippen LogP contribution < -0.4 is 0 Å². The van der Waals surface area contributed by atoms with Crippen LogP contribution in [-0.4, -0.2) is 5.11 Å². The number of aryl methyl sites for hydroxylation is 1. The second-order valence-corrected chi connectivity index (χ2v) is 5.05. The average Bonchev–Trinajstić information content (AvgIpc) is 2.10. The van der Waals surface area contributed by atoms with E-state index < -0.39 is 0 Å². The summed E-state index contributed by atoms with van der Waals surface area (Å²) in [5.41, 5.74) is 2.10. The Labute approximate surface area is 94.3 Å². The van der Waals surface area contributed by atoms with Crippen molar-refractivity contribution in [3.63, 3.8) is 0 Å². The first-order valence-corrected chi connectivity index (χ1v) is 5.71. The highest BCUT2D eigenvalue weighted by Crippen LogP contribution is 2.34. The smallest absolute Gasteiger partial charge is 0.118 e. The van der Waals surface area contributed by atoms with Crippen molar-refractivity contribution in [2.24, 2.45) is 5.92 Å². The molecule has 0 saturated heterocycles. The Morgan fingerprint density at radius 1 is 1.21 bits per heavy atom. The van der Waals surface area contributed by atoms with E-state index in [0.29, 0.717) is 17.6 Å². The van der Waals surface area contributed by atoms with Gasteiger partial charge in [0.15, 0.2) is 0 Å². The summed E-state index contributed by atoms with van der Waals surface area (Å²) in [5, 5.41) is 9.63. The topological polar surface area (TPSA) is 20.2 Å². The Morgan fingerprint density at radius 2 is 1.79 bits per heavy atom. The minimum Gasteiger partial charge on any atom is -0.508 e. The van der Waals surface area contributed by atoms with Crippen LogP contribution in [0.5, 0.6) is 5.75 Å². The molecule has 0 bridgehead atoms. The summed E-state index contributed by atoms with van der Waals surface area (Å²) in [4.78, 5) is 0. The first-order valence-electron chi connectivity index (χ1n) is 4.92. The highest BCUT2D eigenvalue weighted by atomic mass is 79.9. The van der Waals surface area contributed by atoms with E-state index in [-0.39, 0.29) is 0 Å². The van der Waals surface area contributed by atoms with Crippen molar-refractivity contribution in [2.75, 3.05) is 0 Å². The van der Waals surface area contributed by atoms with Gasteiger partial charge in [0.1, 0.15) is 5.75 Å². The van der Waals surface area contributed by atoms with E-state index in [0.717, 1.165) is 10.0 Å². The van der Waals surface area contributed by atoms with Crippen molar-refractivity contribution in [2.45, 2.75) is 33.6 Å². The Kier molecular flexibility index (Phi) is 3.59. The lowest BCUT2D eigenvalue weighted by Crippen LogP contribution is -2.03. The lowest BCUT2D eigenvalue weighted by atomic mass is 9.90. The first kappa shape index (κ1) is 11.6. The molecule has 0 spiro atoms. The van der Waals surface area contributed by atoms with Crippen LogP contribution in [0.15, 0.2) is 16.6 Å². The third-order valence-electron chi connectivity index (χ3n) is 2.81. The number of aromatic hydroxyl groups is 1. The SMILES string of the molecule is Cc1cc(Br)c(C(C)C(C)C)cc1O. The van der Waals surface area contributed by atoms with Crippen LogP contribution in [0, 0.1) is 12.8 Å². The van der Waals surface area contributed by atoms with E-state index in [1.54, 1.807) is 0 Å². The van der Waals surface area contributed by atoms with Crippen molar-refractivity contribution in [3.8, 4) is 5.75 Å². The van der Waals surface area contributed by atoms with E-state index in [9.17, 15) is 5.11 Å². The van der Waals surface area contributed by atoms with Crippen LogP contribution in [0.1, 0.15) is 37.8 Å². The zero-order valence-electron chi connectivity index (χ0n) is 9.13. The van der Waals surface area contributed by atoms with Crippen molar-refractivity contribution < 1.29 is 5.11 Å². The molecule has 0 fully saturated rings. The molecule has 1 nitrogen and oxygen atoms in total. The van der Waals surface area contributed by atoms with E-state index in [1.165, 1.54) is 5.56 Å². The van der Waals surface area contributed by atoms with Gasteiger partial charge in [0.25, 0.3) is 0 Å². The van der Waals surface area contributed by atoms with Crippen LogP contribution in [0.3, 0.4) is 0 Å². The van der Waals surface area contributed by atoms with Gasteiger partial charge in [0.2, 0.25) is 0 Å². The fourth-order valence-electron chi connectivity index (χ4n) is 1.39. The minimum absolute atomic E-state index is 0.385. The highest BCUT2D eigenvalue weighted by molar-refractivity contribution is 9.10. The van der Waals surface area contributed by atoms with Gasteiger partial charge in [-0.25, -0.2) is 0 Å². The Hall–Kier alpha value is -0.500. The van der Waals surface area contributed by atoms with Gasteiger partial charge in [-0.05, 0) is 42.0 Å². The van der Waals surface area contributed by atoms with Crippen LogP contribution in [0.4, 0.5) is 0 Å². The molecule has 0 aromatic heterocycles. The molecule has 2 heteroatoms. The number of rotatable bonds is 2. The van der Waals surface area contributed by atoms with Gasteiger partial charge < -0.3 is 5.11 Å². The van der Waals surface area contributed by atoms with Gasteiger partial charge in [0.05, 0.1) is 0 Å². The molecule has 1 aromatic rings. The summed E-state index contributed by atoms with van der Waals surface area (Å²) >= 11 is 3.54. The molecule has 0 aliphatic carbocycles. The van der Waals surface area contributed by atoms with Gasteiger partial charge in [-0.3, -0.25) is 0 Å². The Morgan fingerprint density at radius 3 is 2.29 bits per heavy atom. The monoisotopic (exact) mass is 256 g/mol. The van der Waals surface area contributed by atoms with Crippen molar-refractivity contribution >= 4 is 15.9 Å². The summed E-state index contributed by atoms with van der Waals surface area (Å²) < 4.78 is 1.09. The normalized spacial score (nSPS) is 13.3. The number of halogens is 1. The highest BCUT2D eigenvalue weighted by Gasteiger charge is 2.14. The first-order chi connectivity index (χ1) is 6.43. The van der Waals surface area contributed by atoms with Gasteiger partial charge in [0, 0.05) is 4.47 Å². The third-order valence-corrected chi connectivity index (χ3v) is 3.49. The Balaban J connectivity index is 3.15. The molecule has 0 radical (unpaired) electrons. The summed E-state index contributed by atoms with van der Waals surface area (Å²) in [6.45, 7) is 8.46. The molecule has 78 valence electrons. The van der Waals surface area contributed by atoms with Crippen molar-refractivity contribution in [3.05, 3.63) is 27.7 Å². The van der Waals surface area contributed by atoms with Gasteiger partial charge in [-0.2, -0.15) is 0 Å². The number of phenolic OH excluding ortho intramolecular Hbond substituents is 1. The van der Waals surface area contributed by atoms with E-state index >= 15 is 0 Å². The minimum atomic E-state index is 0.385. The second kappa shape index (κ2) is 4.35. The predicted molar refractivity (Wildman–Crippen MR) is 63.8 cm³/mol.